The molecule has 4 amide bonds. The average molecular weight is 1040 g/mol. The Morgan fingerprint density at radius 3 is 1.42 bits per heavy atom. The van der Waals surface area contributed by atoms with E-state index in [2.05, 4.69) is 64.0 Å². The van der Waals surface area contributed by atoms with E-state index in [0.29, 0.717) is 32.1 Å². The third-order valence-electron chi connectivity index (χ3n) is 12.5. The highest BCUT2D eigenvalue weighted by molar-refractivity contribution is 9.10. The van der Waals surface area contributed by atoms with Crippen molar-refractivity contribution in [1.82, 2.24) is 20.0 Å². The molecule has 4 heterocycles. The van der Waals surface area contributed by atoms with E-state index in [1.807, 2.05) is 109 Å². The van der Waals surface area contributed by atoms with Crippen molar-refractivity contribution in [2.75, 3.05) is 75.7 Å². The van der Waals surface area contributed by atoms with E-state index < -0.39 is 11.2 Å². The molecule has 4 aromatic rings. The summed E-state index contributed by atoms with van der Waals surface area (Å²) >= 11 is 12.2. The van der Waals surface area contributed by atoms with Crippen LogP contribution in [0.3, 0.4) is 0 Å². The van der Waals surface area contributed by atoms with Gasteiger partial charge < -0.3 is 39.7 Å². The van der Waals surface area contributed by atoms with Crippen LogP contribution >= 0.6 is 43.5 Å². The third-order valence-corrected chi connectivity index (χ3v) is 14.2. The second-order valence-electron chi connectivity index (χ2n) is 18.8. The highest BCUT2D eigenvalue weighted by atomic mass is 79.9. The number of alkyl halides is 1. The van der Waals surface area contributed by atoms with Crippen LogP contribution in [0.1, 0.15) is 64.5 Å². The second-order valence-corrected chi connectivity index (χ2v) is 20.9. The molecular formula is C50H65Br2ClN6O6. The van der Waals surface area contributed by atoms with Crippen molar-refractivity contribution in [3.63, 3.8) is 0 Å². The monoisotopic (exact) mass is 1040 g/mol. The molecule has 3 N–H and O–H groups in total. The number of aliphatic hydroxyl groups is 2. The van der Waals surface area contributed by atoms with Gasteiger partial charge in [-0.1, -0.05) is 56.1 Å². The number of rotatable bonds is 11. The smallest absolute Gasteiger partial charge is 0.325 e. The number of piperidine rings is 2. The van der Waals surface area contributed by atoms with Crippen molar-refractivity contribution in [3.05, 3.63) is 117 Å². The van der Waals surface area contributed by atoms with E-state index in [0.717, 1.165) is 101 Å². The number of anilines is 2. The van der Waals surface area contributed by atoms with Crippen LogP contribution < -0.4 is 24.6 Å². The summed E-state index contributed by atoms with van der Waals surface area (Å²) in [7, 11) is 3.33. The molecule has 65 heavy (non-hydrogen) atoms. The number of benzene rings is 4. The molecule has 0 aromatic heterocycles. The van der Waals surface area contributed by atoms with Crippen molar-refractivity contribution >= 4 is 66.9 Å². The first-order valence-electron chi connectivity index (χ1n) is 22.3. The highest BCUT2D eigenvalue weighted by Gasteiger charge is 2.52. The molecule has 4 aliphatic rings. The van der Waals surface area contributed by atoms with E-state index >= 15 is 0 Å². The van der Waals surface area contributed by atoms with Crippen LogP contribution in [0.15, 0.2) is 106 Å². The fourth-order valence-corrected chi connectivity index (χ4v) is 9.57. The van der Waals surface area contributed by atoms with E-state index in [9.17, 15) is 14.7 Å². The van der Waals surface area contributed by atoms with Gasteiger partial charge in [0.1, 0.15) is 11.5 Å². The van der Waals surface area contributed by atoms with E-state index in [1.165, 1.54) is 0 Å². The summed E-state index contributed by atoms with van der Waals surface area (Å²) in [5.74, 6) is 1.92. The third kappa shape index (κ3) is 13.2. The first-order valence-corrected chi connectivity index (χ1v) is 24.4. The largest absolute Gasteiger partial charge is 0.497 e. The quantitative estimate of drug-likeness (QED) is 0.127. The van der Waals surface area contributed by atoms with E-state index in [4.69, 9.17) is 26.2 Å². The summed E-state index contributed by atoms with van der Waals surface area (Å²) in [6.07, 6.45) is 3.70. The number of hydrogen-bond acceptors (Lipinski definition) is 8. The molecule has 4 saturated heterocycles. The van der Waals surface area contributed by atoms with Crippen LogP contribution in [0, 0.1) is 0 Å². The Morgan fingerprint density at radius 2 is 1.05 bits per heavy atom. The number of halogens is 3. The summed E-state index contributed by atoms with van der Waals surface area (Å²) in [5.41, 5.74) is 2.26. The van der Waals surface area contributed by atoms with Gasteiger partial charge in [-0.2, -0.15) is 0 Å². The van der Waals surface area contributed by atoms with Gasteiger partial charge in [0.15, 0.2) is 0 Å². The molecule has 4 fully saturated rings. The molecule has 0 bridgehead atoms. The number of urea groups is 2. The lowest BCUT2D eigenvalue weighted by molar-refractivity contribution is 0.00617. The van der Waals surface area contributed by atoms with Gasteiger partial charge in [0.25, 0.3) is 0 Å². The summed E-state index contributed by atoms with van der Waals surface area (Å²) in [4.78, 5) is 37.4. The van der Waals surface area contributed by atoms with Crippen LogP contribution in [0.25, 0.3) is 0 Å². The van der Waals surface area contributed by atoms with E-state index in [-0.39, 0.29) is 23.1 Å². The number of nitrogens with zero attached hydrogens (tertiary/aromatic N) is 5. The lowest BCUT2D eigenvalue weighted by atomic mass is 9.85. The number of nitrogens with one attached hydrogen (secondary N) is 1. The van der Waals surface area contributed by atoms with E-state index in [1.54, 1.807) is 28.1 Å². The Labute approximate surface area is 407 Å². The first-order chi connectivity index (χ1) is 30.9. The van der Waals surface area contributed by atoms with Crippen molar-refractivity contribution in [1.29, 1.82) is 0 Å². The van der Waals surface area contributed by atoms with Gasteiger partial charge in [0.2, 0.25) is 0 Å². The number of carbonyl (C=O) groups excluding carboxylic acids is 2. The summed E-state index contributed by atoms with van der Waals surface area (Å²) in [5, 5.41) is 22.4. The number of ether oxygens (including phenoxy) is 2. The summed E-state index contributed by atoms with van der Waals surface area (Å²) < 4.78 is 12.8. The number of amides is 4. The van der Waals surface area contributed by atoms with Crippen molar-refractivity contribution in [2.45, 2.75) is 88.7 Å². The van der Waals surface area contributed by atoms with Crippen molar-refractivity contribution in [3.8, 4) is 11.5 Å². The standard InChI is InChI=1S/C25H32BrN3O3.C21H24BrN3O2.C4H9ClO/c1-24(2,31)17-27-13-11-25(12-14-27)18-28(21-9-7-20(26)8-10-21)23(30)29(25)16-19-5-4-6-22(15-19)32-3;1-27-19-4-2-3-16(13-19)14-25-20(26)24(18-7-5-17(22)6-8-18)15-21(25)9-11-23-12-10-21;1-4(2,6)3-5/h4-10,15,31H,11-14,16-18H2,1-3H3;2-8,13,23H,9-12,14-15H2,1H3;6H,3H2,1-2H3. The van der Waals surface area contributed by atoms with Gasteiger partial charge >= 0.3 is 12.1 Å². The number of methoxy groups -OCH3 is 2. The molecule has 0 unspecified atom stereocenters. The normalized spacial score (nSPS) is 18.4. The molecule has 352 valence electrons. The Hall–Kier alpha value is -3.89. The maximum Gasteiger partial charge on any atom is 0.325 e. The van der Waals surface area contributed by atoms with Crippen LogP contribution in [-0.2, 0) is 13.1 Å². The predicted octanol–water partition coefficient (Wildman–Crippen LogP) is 9.52. The molecule has 0 radical (unpaired) electrons. The van der Waals surface area contributed by atoms with Gasteiger partial charge in [0.05, 0.1) is 55.5 Å². The molecular weight excluding hydrogens is 976 g/mol. The Bertz CT molecular complexity index is 2190. The zero-order valence-electron chi connectivity index (χ0n) is 38.5. The van der Waals surface area contributed by atoms with Gasteiger partial charge in [0, 0.05) is 53.0 Å². The number of β-amino-alcohol motifs (C(OH)–C–C–N with tert-alkyl or cyclic N) is 1. The van der Waals surface area contributed by atoms with Gasteiger partial charge in [-0.15, -0.1) is 11.6 Å². The minimum absolute atomic E-state index is 0.0473. The van der Waals surface area contributed by atoms with Crippen LogP contribution in [0.4, 0.5) is 21.0 Å². The summed E-state index contributed by atoms with van der Waals surface area (Å²) in [6.45, 7) is 13.8. The fourth-order valence-electron chi connectivity index (χ4n) is 9.04. The lowest BCUT2D eigenvalue weighted by Gasteiger charge is -2.44. The molecule has 4 aliphatic heterocycles. The lowest BCUT2D eigenvalue weighted by Crippen LogP contribution is -2.55. The Balaban J connectivity index is 0.000000193. The number of carbonyl (C=O) groups is 2. The van der Waals surface area contributed by atoms with Crippen LogP contribution in [0.2, 0.25) is 0 Å². The molecule has 4 aromatic carbocycles. The topological polar surface area (TPSA) is 121 Å². The molecule has 8 rings (SSSR count). The average Bonchev–Trinajstić information content (AvgIpc) is 3.69. The SMILES string of the molecule is CC(C)(O)CCl.COc1cccc(CN2C(=O)N(c3ccc(Br)cc3)CC23CCN(CC(C)(C)O)CC3)c1.COc1cccc(CN2C(=O)N(c3ccc(Br)cc3)CC23CCNCC3)c1. The highest BCUT2D eigenvalue weighted by Crippen LogP contribution is 2.41. The minimum Gasteiger partial charge on any atom is -0.497 e. The second kappa shape index (κ2) is 21.8. The molecule has 15 heteroatoms. The molecule has 0 aliphatic carbocycles. The summed E-state index contributed by atoms with van der Waals surface area (Å²) in [6, 6.07) is 32.0. The Morgan fingerprint density at radius 1 is 0.646 bits per heavy atom. The first kappa shape index (κ1) is 50.5. The molecule has 2 spiro atoms. The van der Waals surface area contributed by atoms with Crippen LogP contribution in [-0.4, -0.2) is 125 Å². The Kier molecular flexibility index (Phi) is 17.0. The molecule has 0 atom stereocenters. The fraction of sp³-hybridized carbons (Fsp3) is 0.480. The van der Waals surface area contributed by atoms with Gasteiger partial charge in [-0.05, 0) is 150 Å². The predicted molar refractivity (Wildman–Crippen MR) is 267 cm³/mol. The van der Waals surface area contributed by atoms with Gasteiger partial charge in [-0.3, -0.25) is 9.80 Å². The van der Waals surface area contributed by atoms with Crippen molar-refractivity contribution < 1.29 is 29.3 Å². The number of likely N-dealkylation sites (tertiary alicyclic amines) is 1. The van der Waals surface area contributed by atoms with Crippen LogP contribution in [0.5, 0.6) is 11.5 Å². The zero-order chi connectivity index (χ0) is 47.0. The zero-order valence-corrected chi connectivity index (χ0v) is 42.5. The number of hydrogen-bond donors (Lipinski definition) is 3. The van der Waals surface area contributed by atoms with Crippen molar-refractivity contribution in [2.24, 2.45) is 0 Å². The maximum absolute atomic E-state index is 13.7. The maximum atomic E-state index is 13.7. The molecule has 0 saturated carbocycles. The van der Waals surface area contributed by atoms with Gasteiger partial charge in [-0.25, -0.2) is 9.59 Å². The molecule has 12 nitrogen and oxygen atoms in total. The minimum atomic E-state index is -0.722.